The average Bonchev–Trinajstić information content (AvgIpc) is 2.42. The van der Waals surface area contributed by atoms with E-state index in [1.807, 2.05) is 13.2 Å². The minimum atomic E-state index is 0.279. The number of rotatable bonds is 13. The van der Waals surface area contributed by atoms with Gasteiger partial charge in [-0.05, 0) is 32.4 Å². The van der Waals surface area contributed by atoms with Crippen LogP contribution in [0.2, 0.25) is 0 Å². The SMILES string of the molecule is CCCCCC(CCCC(=O)SC)OCCOCC. The molecule has 0 aromatic heterocycles. The first-order valence-corrected chi connectivity index (χ1v) is 8.73. The molecule has 0 saturated carbocycles. The Bertz CT molecular complexity index is 210. The summed E-state index contributed by atoms with van der Waals surface area (Å²) in [6.45, 7) is 6.28. The Morgan fingerprint density at radius 1 is 1.11 bits per heavy atom. The Balaban J connectivity index is 3.78. The van der Waals surface area contributed by atoms with Crippen LogP contribution in [0.25, 0.3) is 0 Å². The number of hydrogen-bond donors (Lipinski definition) is 0. The van der Waals surface area contributed by atoms with Crippen LogP contribution in [0.1, 0.15) is 58.8 Å². The van der Waals surface area contributed by atoms with E-state index in [0.29, 0.717) is 25.7 Å². The fourth-order valence-electron chi connectivity index (χ4n) is 1.93. The second kappa shape index (κ2) is 14.4. The Morgan fingerprint density at radius 2 is 1.84 bits per heavy atom. The van der Waals surface area contributed by atoms with Crippen LogP contribution >= 0.6 is 11.8 Å². The molecule has 0 aliphatic rings. The zero-order chi connectivity index (χ0) is 14.3. The Morgan fingerprint density at radius 3 is 2.47 bits per heavy atom. The maximum Gasteiger partial charge on any atom is 0.188 e. The van der Waals surface area contributed by atoms with Gasteiger partial charge in [0, 0.05) is 13.0 Å². The third-order valence-electron chi connectivity index (χ3n) is 3.05. The van der Waals surface area contributed by atoms with E-state index in [2.05, 4.69) is 6.92 Å². The van der Waals surface area contributed by atoms with Gasteiger partial charge in [-0.25, -0.2) is 0 Å². The van der Waals surface area contributed by atoms with Gasteiger partial charge in [0.2, 0.25) is 0 Å². The van der Waals surface area contributed by atoms with Crippen LogP contribution in [0.3, 0.4) is 0 Å². The molecule has 0 amide bonds. The first-order chi connectivity index (χ1) is 9.24. The van der Waals surface area contributed by atoms with Crippen LogP contribution < -0.4 is 0 Å². The van der Waals surface area contributed by atoms with E-state index in [9.17, 15) is 4.79 Å². The van der Waals surface area contributed by atoms with Gasteiger partial charge in [-0.15, -0.1) is 0 Å². The van der Waals surface area contributed by atoms with E-state index in [-0.39, 0.29) is 5.12 Å². The summed E-state index contributed by atoms with van der Waals surface area (Å²) in [6, 6.07) is 0. The summed E-state index contributed by atoms with van der Waals surface area (Å²) in [7, 11) is 0. The lowest BCUT2D eigenvalue weighted by molar-refractivity contribution is -0.111. The lowest BCUT2D eigenvalue weighted by atomic mass is 10.1. The smallest absolute Gasteiger partial charge is 0.188 e. The number of unbranched alkanes of at least 4 members (excludes halogenated alkanes) is 2. The van der Waals surface area contributed by atoms with Crippen molar-refractivity contribution >= 4 is 16.9 Å². The molecule has 0 N–H and O–H groups in total. The molecular formula is C15H30O3S. The van der Waals surface area contributed by atoms with Gasteiger partial charge >= 0.3 is 0 Å². The molecule has 0 rings (SSSR count). The topological polar surface area (TPSA) is 35.5 Å². The summed E-state index contributed by atoms with van der Waals surface area (Å²) in [5.74, 6) is 0. The van der Waals surface area contributed by atoms with Gasteiger partial charge in [0.05, 0.1) is 19.3 Å². The zero-order valence-electron chi connectivity index (χ0n) is 12.8. The van der Waals surface area contributed by atoms with Gasteiger partial charge in [0.15, 0.2) is 5.12 Å². The van der Waals surface area contributed by atoms with Crippen LogP contribution in [0.4, 0.5) is 0 Å². The van der Waals surface area contributed by atoms with Crippen molar-refractivity contribution in [2.45, 2.75) is 64.9 Å². The molecule has 0 saturated heterocycles. The van der Waals surface area contributed by atoms with Gasteiger partial charge in [-0.3, -0.25) is 4.79 Å². The highest BCUT2D eigenvalue weighted by Crippen LogP contribution is 2.15. The van der Waals surface area contributed by atoms with E-state index in [4.69, 9.17) is 9.47 Å². The molecule has 4 heteroatoms. The number of carbonyl (C=O) groups excluding carboxylic acids is 1. The normalized spacial score (nSPS) is 12.6. The summed E-state index contributed by atoms with van der Waals surface area (Å²) in [6.07, 6.45) is 9.54. The minimum absolute atomic E-state index is 0.279. The first kappa shape index (κ1) is 18.9. The molecule has 19 heavy (non-hydrogen) atoms. The van der Waals surface area contributed by atoms with Crippen LogP contribution in [0.15, 0.2) is 0 Å². The maximum atomic E-state index is 11.3. The fourth-order valence-corrected chi connectivity index (χ4v) is 2.28. The van der Waals surface area contributed by atoms with E-state index in [1.165, 1.54) is 31.0 Å². The van der Waals surface area contributed by atoms with E-state index < -0.39 is 0 Å². The second-order valence-corrected chi connectivity index (χ2v) is 5.52. The van der Waals surface area contributed by atoms with E-state index in [1.54, 1.807) is 0 Å². The van der Waals surface area contributed by atoms with Gasteiger partial charge in [0.1, 0.15) is 0 Å². The number of hydrogen-bond acceptors (Lipinski definition) is 4. The molecule has 3 nitrogen and oxygen atoms in total. The molecular weight excluding hydrogens is 260 g/mol. The monoisotopic (exact) mass is 290 g/mol. The molecule has 114 valence electrons. The predicted octanol–water partition coefficient (Wildman–Crippen LogP) is 4.05. The molecule has 0 fully saturated rings. The number of thioether (sulfide) groups is 1. The maximum absolute atomic E-state index is 11.3. The summed E-state index contributed by atoms with van der Waals surface area (Å²) in [5, 5.41) is 0.279. The molecule has 0 spiro atoms. The molecule has 1 unspecified atom stereocenters. The van der Waals surface area contributed by atoms with Crippen molar-refractivity contribution in [2.24, 2.45) is 0 Å². The molecule has 0 bridgehead atoms. The van der Waals surface area contributed by atoms with Crippen molar-refractivity contribution in [3.8, 4) is 0 Å². The minimum Gasteiger partial charge on any atom is -0.379 e. The van der Waals surface area contributed by atoms with Gasteiger partial charge in [-0.2, -0.15) is 0 Å². The van der Waals surface area contributed by atoms with Crippen molar-refractivity contribution in [1.29, 1.82) is 0 Å². The van der Waals surface area contributed by atoms with Crippen LogP contribution in [-0.4, -0.2) is 37.3 Å². The van der Waals surface area contributed by atoms with Crippen LogP contribution in [0, 0.1) is 0 Å². The van der Waals surface area contributed by atoms with Crippen molar-refractivity contribution in [2.75, 3.05) is 26.1 Å². The summed E-state index contributed by atoms with van der Waals surface area (Å²) < 4.78 is 11.2. The second-order valence-electron chi connectivity index (χ2n) is 4.65. The average molecular weight is 290 g/mol. The molecule has 0 heterocycles. The number of ether oxygens (including phenoxy) is 2. The third-order valence-corrected chi connectivity index (χ3v) is 3.71. The van der Waals surface area contributed by atoms with Gasteiger partial charge in [-0.1, -0.05) is 37.9 Å². The summed E-state index contributed by atoms with van der Waals surface area (Å²) in [4.78, 5) is 11.3. The largest absolute Gasteiger partial charge is 0.379 e. The van der Waals surface area contributed by atoms with E-state index in [0.717, 1.165) is 25.9 Å². The van der Waals surface area contributed by atoms with Gasteiger partial charge in [0.25, 0.3) is 0 Å². The molecule has 1 atom stereocenters. The van der Waals surface area contributed by atoms with Crippen molar-refractivity contribution in [3.63, 3.8) is 0 Å². The van der Waals surface area contributed by atoms with Crippen LogP contribution in [0.5, 0.6) is 0 Å². The molecule has 0 aromatic rings. The Hall–Kier alpha value is -0.0600. The highest BCUT2D eigenvalue weighted by Gasteiger charge is 2.10. The molecule has 0 aliphatic heterocycles. The van der Waals surface area contributed by atoms with Crippen molar-refractivity contribution in [1.82, 2.24) is 0 Å². The lowest BCUT2D eigenvalue weighted by Crippen LogP contribution is -2.17. The van der Waals surface area contributed by atoms with Gasteiger partial charge < -0.3 is 9.47 Å². The van der Waals surface area contributed by atoms with Crippen LogP contribution in [-0.2, 0) is 14.3 Å². The highest BCUT2D eigenvalue weighted by atomic mass is 32.2. The highest BCUT2D eigenvalue weighted by molar-refractivity contribution is 8.13. The summed E-state index contributed by atoms with van der Waals surface area (Å²) >= 11 is 1.32. The zero-order valence-corrected chi connectivity index (χ0v) is 13.6. The molecule has 0 aliphatic carbocycles. The summed E-state index contributed by atoms with van der Waals surface area (Å²) in [5.41, 5.74) is 0. The first-order valence-electron chi connectivity index (χ1n) is 7.50. The standard InChI is InChI=1S/C15H30O3S/c1-4-6-7-9-14(18-13-12-17-5-2)10-8-11-15(16)19-3/h14H,4-13H2,1-3H3. The van der Waals surface area contributed by atoms with E-state index >= 15 is 0 Å². The Kier molecular flexibility index (Phi) is 14.3. The molecule has 0 radical (unpaired) electrons. The third kappa shape index (κ3) is 12.7. The van der Waals surface area contributed by atoms with Crippen molar-refractivity contribution < 1.29 is 14.3 Å². The lowest BCUT2D eigenvalue weighted by Gasteiger charge is -2.17. The predicted molar refractivity (Wildman–Crippen MR) is 82.7 cm³/mol. The Labute approximate surface area is 122 Å². The molecule has 0 aromatic carbocycles. The number of carbonyl (C=O) groups is 1. The van der Waals surface area contributed by atoms with Crippen molar-refractivity contribution in [3.05, 3.63) is 0 Å². The fraction of sp³-hybridized carbons (Fsp3) is 0.933. The quantitative estimate of drug-likeness (QED) is 0.479.